The maximum Gasteiger partial charge on any atom is 0.274 e. The lowest BCUT2D eigenvalue weighted by Gasteiger charge is -2.07. The second-order valence-electron chi connectivity index (χ2n) is 6.72. The Bertz CT molecular complexity index is 1280. The molecular weight excluding hydrogens is 409 g/mol. The van der Waals surface area contributed by atoms with Gasteiger partial charge in [0.05, 0.1) is 16.9 Å². The number of hydrogen-bond donors (Lipinski definition) is 2. The number of hydrazine groups is 1. The first-order chi connectivity index (χ1) is 14.4. The summed E-state index contributed by atoms with van der Waals surface area (Å²) in [5.74, 6) is -1.47. The molecular formula is C21H17ClFN5O2. The molecule has 2 N–H and O–H groups in total. The summed E-state index contributed by atoms with van der Waals surface area (Å²) >= 11 is 6.34. The molecule has 152 valence electrons. The molecule has 30 heavy (non-hydrogen) atoms. The Morgan fingerprint density at radius 3 is 2.43 bits per heavy atom. The van der Waals surface area contributed by atoms with E-state index in [1.165, 1.54) is 28.9 Å². The van der Waals surface area contributed by atoms with Crippen LogP contribution in [0.1, 0.15) is 26.4 Å². The molecule has 0 radical (unpaired) electrons. The molecule has 0 saturated carbocycles. The summed E-state index contributed by atoms with van der Waals surface area (Å²) in [4.78, 5) is 25.3. The zero-order valence-corrected chi connectivity index (χ0v) is 16.9. The number of nitrogens with zero attached hydrogens (tertiary/aromatic N) is 3. The fraction of sp³-hybridized carbons (Fsp3) is 0.0952. The van der Waals surface area contributed by atoms with Gasteiger partial charge in [-0.25, -0.2) is 9.07 Å². The first kappa shape index (κ1) is 19.7. The van der Waals surface area contributed by atoms with Gasteiger partial charge in [0.25, 0.3) is 11.8 Å². The van der Waals surface area contributed by atoms with Crippen LogP contribution < -0.4 is 10.9 Å². The smallest absolute Gasteiger partial charge is 0.274 e. The summed E-state index contributed by atoms with van der Waals surface area (Å²) in [7, 11) is 1.84. The van der Waals surface area contributed by atoms with Crippen molar-refractivity contribution in [2.75, 3.05) is 0 Å². The molecule has 9 heteroatoms. The molecule has 0 unspecified atom stereocenters. The van der Waals surface area contributed by atoms with Crippen molar-refractivity contribution >= 4 is 34.3 Å². The molecule has 0 fully saturated rings. The Labute approximate surface area is 176 Å². The highest BCUT2D eigenvalue weighted by Crippen LogP contribution is 2.24. The van der Waals surface area contributed by atoms with Crippen molar-refractivity contribution in [1.29, 1.82) is 0 Å². The van der Waals surface area contributed by atoms with Crippen LogP contribution in [0.3, 0.4) is 0 Å². The van der Waals surface area contributed by atoms with Crippen LogP contribution in [0.25, 0.3) is 16.6 Å². The van der Waals surface area contributed by atoms with E-state index in [9.17, 15) is 14.0 Å². The largest absolute Gasteiger partial charge is 0.350 e. The summed E-state index contributed by atoms with van der Waals surface area (Å²) in [6.45, 7) is 1.62. The molecule has 7 nitrogen and oxygen atoms in total. The monoisotopic (exact) mass is 425 g/mol. The Morgan fingerprint density at radius 2 is 1.70 bits per heavy atom. The third kappa shape index (κ3) is 3.42. The number of benzene rings is 2. The molecule has 2 heterocycles. The maximum absolute atomic E-state index is 13.2. The Kier molecular flexibility index (Phi) is 5.01. The SMILES string of the molecule is Cc1nn(-c2ccc(F)cc2)c(Cl)c1C(=O)NNC(=O)c1cn(C)c2ccccc12. The number of para-hydroxylation sites is 1. The first-order valence-electron chi connectivity index (χ1n) is 9.02. The van der Waals surface area contributed by atoms with Crippen molar-refractivity contribution in [3.05, 3.63) is 82.5 Å². The molecule has 2 aromatic heterocycles. The molecule has 4 aromatic rings. The van der Waals surface area contributed by atoms with Crippen LogP contribution in [-0.2, 0) is 7.05 Å². The normalized spacial score (nSPS) is 10.9. The van der Waals surface area contributed by atoms with Gasteiger partial charge in [-0.05, 0) is 37.3 Å². The number of rotatable bonds is 3. The molecule has 0 saturated heterocycles. The Morgan fingerprint density at radius 1 is 1.03 bits per heavy atom. The van der Waals surface area contributed by atoms with E-state index in [1.807, 2.05) is 35.9 Å². The van der Waals surface area contributed by atoms with E-state index in [2.05, 4.69) is 16.0 Å². The molecule has 0 spiro atoms. The standard InChI is InChI=1S/C21H17ClFN5O2/c1-12-18(19(22)28(26-12)14-9-7-13(23)8-10-14)21(30)25-24-20(29)16-11-27(2)17-6-4-3-5-15(16)17/h3-11H,1-2H3,(H,24,29)(H,25,30). The molecule has 2 amide bonds. The molecule has 0 atom stereocenters. The number of fused-ring (bicyclic) bond motifs is 1. The number of carbonyl (C=O) groups is 2. The van der Waals surface area contributed by atoms with Crippen LogP contribution in [0.4, 0.5) is 4.39 Å². The molecule has 4 rings (SSSR count). The van der Waals surface area contributed by atoms with Crippen LogP contribution in [-0.4, -0.2) is 26.2 Å². The minimum atomic E-state index is -0.612. The molecule has 0 aliphatic carbocycles. The van der Waals surface area contributed by atoms with Crippen LogP contribution in [0.2, 0.25) is 5.15 Å². The van der Waals surface area contributed by atoms with Crippen molar-refractivity contribution < 1.29 is 14.0 Å². The van der Waals surface area contributed by atoms with Crippen molar-refractivity contribution in [3.8, 4) is 5.69 Å². The van der Waals surface area contributed by atoms with E-state index in [0.29, 0.717) is 16.9 Å². The maximum atomic E-state index is 13.2. The summed E-state index contributed by atoms with van der Waals surface area (Å²) in [5.41, 5.74) is 7.10. The van der Waals surface area contributed by atoms with Crippen molar-refractivity contribution in [3.63, 3.8) is 0 Å². The van der Waals surface area contributed by atoms with Crippen LogP contribution >= 0.6 is 11.6 Å². The summed E-state index contributed by atoms with van der Waals surface area (Å²) in [5, 5.41) is 5.07. The number of carbonyl (C=O) groups excluding carboxylic acids is 2. The Balaban J connectivity index is 1.54. The highest BCUT2D eigenvalue weighted by Gasteiger charge is 2.22. The molecule has 0 bridgehead atoms. The quantitative estimate of drug-likeness (QED) is 0.493. The summed E-state index contributed by atoms with van der Waals surface area (Å²) in [6, 6.07) is 13.0. The van der Waals surface area contributed by atoms with Crippen molar-refractivity contribution in [1.82, 2.24) is 25.2 Å². The average molecular weight is 426 g/mol. The third-order valence-corrected chi connectivity index (χ3v) is 5.08. The lowest BCUT2D eigenvalue weighted by Crippen LogP contribution is -2.41. The number of aromatic nitrogens is 3. The first-order valence-corrected chi connectivity index (χ1v) is 9.40. The van der Waals surface area contributed by atoms with Crippen LogP contribution in [0, 0.1) is 12.7 Å². The third-order valence-electron chi connectivity index (χ3n) is 4.73. The number of amides is 2. The van der Waals surface area contributed by atoms with Crippen LogP contribution in [0.15, 0.2) is 54.7 Å². The molecule has 2 aromatic carbocycles. The number of hydrogen-bond acceptors (Lipinski definition) is 3. The number of nitrogens with one attached hydrogen (secondary N) is 2. The van der Waals surface area contributed by atoms with Gasteiger partial charge < -0.3 is 4.57 Å². The number of aryl methyl sites for hydroxylation is 2. The van der Waals surface area contributed by atoms with Gasteiger partial charge in [-0.2, -0.15) is 5.10 Å². The van der Waals surface area contributed by atoms with Gasteiger partial charge in [-0.1, -0.05) is 29.8 Å². The average Bonchev–Trinajstić information content (AvgIpc) is 3.23. The molecule has 0 aliphatic rings. The molecule has 0 aliphatic heterocycles. The lowest BCUT2D eigenvalue weighted by molar-refractivity contribution is 0.0847. The number of halogens is 2. The fourth-order valence-corrected chi connectivity index (χ4v) is 3.63. The van der Waals surface area contributed by atoms with E-state index in [4.69, 9.17) is 11.6 Å². The van der Waals surface area contributed by atoms with Crippen LogP contribution in [0.5, 0.6) is 0 Å². The van der Waals surface area contributed by atoms with Gasteiger partial charge in [-0.3, -0.25) is 20.4 Å². The zero-order chi connectivity index (χ0) is 21.4. The summed E-state index contributed by atoms with van der Waals surface area (Å²) < 4.78 is 16.3. The highest BCUT2D eigenvalue weighted by atomic mass is 35.5. The predicted octanol–water partition coefficient (Wildman–Crippen LogP) is 3.54. The van der Waals surface area contributed by atoms with Gasteiger partial charge in [0, 0.05) is 24.1 Å². The second-order valence-corrected chi connectivity index (χ2v) is 7.08. The van der Waals surface area contributed by atoms with E-state index in [-0.39, 0.29) is 10.7 Å². The topological polar surface area (TPSA) is 81.0 Å². The van der Waals surface area contributed by atoms with E-state index < -0.39 is 17.6 Å². The van der Waals surface area contributed by atoms with Gasteiger partial charge in [-0.15, -0.1) is 0 Å². The highest BCUT2D eigenvalue weighted by molar-refractivity contribution is 6.33. The van der Waals surface area contributed by atoms with E-state index in [1.54, 1.807) is 13.1 Å². The van der Waals surface area contributed by atoms with E-state index in [0.717, 1.165) is 10.9 Å². The predicted molar refractivity (Wildman–Crippen MR) is 111 cm³/mol. The lowest BCUT2D eigenvalue weighted by atomic mass is 10.2. The minimum Gasteiger partial charge on any atom is -0.350 e. The van der Waals surface area contributed by atoms with Gasteiger partial charge >= 0.3 is 0 Å². The second kappa shape index (κ2) is 7.64. The minimum absolute atomic E-state index is 0.0519. The zero-order valence-electron chi connectivity index (χ0n) is 16.1. The van der Waals surface area contributed by atoms with Gasteiger partial charge in [0.2, 0.25) is 0 Å². The Hall–Kier alpha value is -3.65. The summed E-state index contributed by atoms with van der Waals surface area (Å²) in [6.07, 6.45) is 1.69. The van der Waals surface area contributed by atoms with Gasteiger partial charge in [0.15, 0.2) is 0 Å². The van der Waals surface area contributed by atoms with E-state index >= 15 is 0 Å². The van der Waals surface area contributed by atoms with Gasteiger partial charge in [0.1, 0.15) is 16.5 Å². The van der Waals surface area contributed by atoms with Crippen molar-refractivity contribution in [2.45, 2.75) is 6.92 Å². The van der Waals surface area contributed by atoms with Crippen molar-refractivity contribution in [2.24, 2.45) is 7.05 Å². The fourth-order valence-electron chi connectivity index (χ4n) is 3.28.